The summed E-state index contributed by atoms with van der Waals surface area (Å²) in [5, 5.41) is 3.39. The Bertz CT molecular complexity index is 1050. The minimum Gasteiger partial charge on any atom is -0.379 e. The zero-order chi connectivity index (χ0) is 21.8. The van der Waals surface area contributed by atoms with Gasteiger partial charge in [0.05, 0.1) is 29.5 Å². The number of hydrogen-bond acceptors (Lipinski definition) is 5. The second kappa shape index (κ2) is 9.56. The van der Waals surface area contributed by atoms with Crippen molar-refractivity contribution in [3.8, 4) is 0 Å². The Balaban J connectivity index is 1.68. The van der Waals surface area contributed by atoms with Crippen LogP contribution in [0.1, 0.15) is 29.6 Å². The molecule has 2 aromatic carbocycles. The average molecular weight is 464 g/mol. The highest BCUT2D eigenvalue weighted by Gasteiger charge is 2.28. The fourth-order valence-corrected chi connectivity index (χ4v) is 5.57. The lowest BCUT2D eigenvalue weighted by Gasteiger charge is -2.31. The SMILES string of the molecule is O=C(Nc1cc(S(=O)(=O)N2CCOCC2)ccc1N1CCCCC1)c1cccc(Cl)c1. The van der Waals surface area contributed by atoms with E-state index in [2.05, 4.69) is 10.2 Å². The quantitative estimate of drug-likeness (QED) is 0.732. The van der Waals surface area contributed by atoms with E-state index in [1.807, 2.05) is 0 Å². The Morgan fingerprint density at radius 2 is 1.71 bits per heavy atom. The van der Waals surface area contributed by atoms with Crippen molar-refractivity contribution in [2.75, 3.05) is 49.6 Å². The smallest absolute Gasteiger partial charge is 0.255 e. The molecule has 0 aromatic heterocycles. The largest absolute Gasteiger partial charge is 0.379 e. The number of morpholine rings is 1. The third-order valence-electron chi connectivity index (χ3n) is 5.61. The van der Waals surface area contributed by atoms with Crippen LogP contribution in [-0.2, 0) is 14.8 Å². The van der Waals surface area contributed by atoms with E-state index in [1.54, 1.807) is 42.5 Å². The zero-order valence-corrected chi connectivity index (χ0v) is 18.8. The monoisotopic (exact) mass is 463 g/mol. The molecule has 1 amide bonds. The van der Waals surface area contributed by atoms with Gasteiger partial charge >= 0.3 is 0 Å². The van der Waals surface area contributed by atoms with Gasteiger partial charge in [-0.15, -0.1) is 0 Å². The van der Waals surface area contributed by atoms with E-state index in [0.717, 1.165) is 31.6 Å². The van der Waals surface area contributed by atoms with Gasteiger partial charge in [0.1, 0.15) is 0 Å². The highest BCUT2D eigenvalue weighted by molar-refractivity contribution is 7.89. The summed E-state index contributed by atoms with van der Waals surface area (Å²) in [6, 6.07) is 11.7. The van der Waals surface area contributed by atoms with Gasteiger partial charge in [-0.05, 0) is 55.7 Å². The number of carbonyl (C=O) groups is 1. The number of nitrogens with zero attached hydrogens (tertiary/aromatic N) is 2. The summed E-state index contributed by atoms with van der Waals surface area (Å²) in [6.45, 7) is 3.14. The molecule has 2 aromatic rings. The first kappa shape index (κ1) is 22.1. The summed E-state index contributed by atoms with van der Waals surface area (Å²) in [6.07, 6.45) is 3.30. The number of anilines is 2. The second-order valence-electron chi connectivity index (χ2n) is 7.71. The van der Waals surface area contributed by atoms with Crippen LogP contribution < -0.4 is 10.2 Å². The Morgan fingerprint density at radius 3 is 2.42 bits per heavy atom. The Kier molecular flexibility index (Phi) is 6.81. The molecule has 166 valence electrons. The van der Waals surface area contributed by atoms with Crippen molar-refractivity contribution in [2.24, 2.45) is 0 Å². The molecular weight excluding hydrogens is 438 g/mol. The van der Waals surface area contributed by atoms with Crippen LogP contribution in [0.4, 0.5) is 11.4 Å². The summed E-state index contributed by atoms with van der Waals surface area (Å²) in [7, 11) is -3.68. The van der Waals surface area contributed by atoms with Crippen LogP contribution >= 0.6 is 11.6 Å². The molecule has 2 saturated heterocycles. The predicted molar refractivity (Wildman–Crippen MR) is 121 cm³/mol. The van der Waals surface area contributed by atoms with Gasteiger partial charge in [0.15, 0.2) is 0 Å². The fourth-order valence-electron chi connectivity index (χ4n) is 3.95. The molecule has 2 heterocycles. The molecule has 9 heteroatoms. The van der Waals surface area contributed by atoms with Crippen molar-refractivity contribution in [2.45, 2.75) is 24.2 Å². The molecule has 0 aliphatic carbocycles. The van der Waals surface area contributed by atoms with Crippen molar-refractivity contribution in [3.05, 3.63) is 53.1 Å². The van der Waals surface area contributed by atoms with Crippen molar-refractivity contribution < 1.29 is 17.9 Å². The zero-order valence-electron chi connectivity index (χ0n) is 17.2. The van der Waals surface area contributed by atoms with Gasteiger partial charge in [0.2, 0.25) is 10.0 Å². The lowest BCUT2D eigenvalue weighted by molar-refractivity contribution is 0.0730. The number of nitrogens with one attached hydrogen (secondary N) is 1. The number of benzene rings is 2. The molecule has 0 unspecified atom stereocenters. The van der Waals surface area contributed by atoms with Crippen LogP contribution in [0, 0.1) is 0 Å². The summed E-state index contributed by atoms with van der Waals surface area (Å²) in [5.74, 6) is -0.332. The molecule has 0 bridgehead atoms. The Morgan fingerprint density at radius 1 is 0.968 bits per heavy atom. The predicted octanol–water partition coefficient (Wildman–Crippen LogP) is 3.60. The van der Waals surface area contributed by atoms with E-state index < -0.39 is 10.0 Å². The highest BCUT2D eigenvalue weighted by atomic mass is 35.5. The maximum Gasteiger partial charge on any atom is 0.255 e. The summed E-state index contributed by atoms with van der Waals surface area (Å²) < 4.78 is 33.0. The molecule has 0 atom stereocenters. The van der Waals surface area contributed by atoms with Crippen LogP contribution in [0.3, 0.4) is 0 Å². The van der Waals surface area contributed by atoms with Crippen LogP contribution in [0.5, 0.6) is 0 Å². The van der Waals surface area contributed by atoms with Gasteiger partial charge in [-0.2, -0.15) is 4.31 Å². The minimum absolute atomic E-state index is 0.163. The number of piperidine rings is 1. The van der Waals surface area contributed by atoms with Gasteiger partial charge in [0, 0.05) is 36.8 Å². The van der Waals surface area contributed by atoms with Crippen LogP contribution in [0.15, 0.2) is 47.4 Å². The highest BCUT2D eigenvalue weighted by Crippen LogP contribution is 2.32. The molecule has 0 radical (unpaired) electrons. The average Bonchev–Trinajstić information content (AvgIpc) is 2.80. The third kappa shape index (κ3) is 5.03. The van der Waals surface area contributed by atoms with E-state index in [9.17, 15) is 13.2 Å². The van der Waals surface area contributed by atoms with E-state index in [1.165, 1.54) is 10.7 Å². The molecule has 2 fully saturated rings. The number of sulfonamides is 1. The molecule has 2 aliphatic rings. The lowest BCUT2D eigenvalue weighted by atomic mass is 10.1. The number of halogens is 1. The molecule has 7 nitrogen and oxygen atoms in total. The van der Waals surface area contributed by atoms with Crippen LogP contribution in [0.2, 0.25) is 5.02 Å². The first-order chi connectivity index (χ1) is 14.9. The van der Waals surface area contributed by atoms with Gasteiger partial charge in [-0.1, -0.05) is 17.7 Å². The maximum absolute atomic E-state index is 13.2. The van der Waals surface area contributed by atoms with Crippen LogP contribution in [0.25, 0.3) is 0 Å². The number of carbonyl (C=O) groups excluding carboxylic acids is 1. The van der Waals surface area contributed by atoms with Crippen molar-refractivity contribution in [3.63, 3.8) is 0 Å². The molecular formula is C22H26ClN3O4S. The molecule has 31 heavy (non-hydrogen) atoms. The summed E-state index contributed by atoms with van der Waals surface area (Å²) >= 11 is 6.03. The Labute approximate surface area is 188 Å². The Hall–Kier alpha value is -2.13. The minimum atomic E-state index is -3.68. The first-order valence-electron chi connectivity index (χ1n) is 10.5. The molecule has 4 rings (SSSR count). The van der Waals surface area contributed by atoms with Crippen LogP contribution in [-0.4, -0.2) is 58.0 Å². The fraction of sp³-hybridized carbons (Fsp3) is 0.409. The van der Waals surface area contributed by atoms with Gasteiger partial charge < -0.3 is 15.0 Å². The number of ether oxygens (including phenoxy) is 1. The van der Waals surface area contributed by atoms with E-state index in [-0.39, 0.29) is 10.8 Å². The van der Waals surface area contributed by atoms with E-state index in [4.69, 9.17) is 16.3 Å². The summed E-state index contributed by atoms with van der Waals surface area (Å²) in [4.78, 5) is 15.3. The standard InChI is InChI=1S/C22H26ClN3O4S/c23-18-6-4-5-17(15-18)22(27)24-20-16-19(31(28,29)26-11-13-30-14-12-26)7-8-21(20)25-9-2-1-3-10-25/h4-8,15-16H,1-3,9-14H2,(H,24,27). The molecule has 0 spiro atoms. The van der Waals surface area contributed by atoms with Crippen molar-refractivity contribution in [1.29, 1.82) is 0 Å². The van der Waals surface area contributed by atoms with Gasteiger partial charge in [-0.25, -0.2) is 8.42 Å². The topological polar surface area (TPSA) is 79.0 Å². The number of rotatable bonds is 5. The first-order valence-corrected chi connectivity index (χ1v) is 12.3. The molecule has 0 saturated carbocycles. The second-order valence-corrected chi connectivity index (χ2v) is 10.1. The third-order valence-corrected chi connectivity index (χ3v) is 7.74. The normalized spacial score (nSPS) is 18.0. The number of amides is 1. The van der Waals surface area contributed by atoms with Crippen molar-refractivity contribution >= 4 is 38.9 Å². The van der Waals surface area contributed by atoms with Gasteiger partial charge in [0.25, 0.3) is 5.91 Å². The molecule has 1 N–H and O–H groups in total. The van der Waals surface area contributed by atoms with E-state index >= 15 is 0 Å². The van der Waals surface area contributed by atoms with E-state index in [0.29, 0.717) is 42.6 Å². The van der Waals surface area contributed by atoms with Gasteiger partial charge in [-0.3, -0.25) is 4.79 Å². The lowest BCUT2D eigenvalue weighted by Crippen LogP contribution is -2.40. The van der Waals surface area contributed by atoms with Crippen molar-refractivity contribution in [1.82, 2.24) is 4.31 Å². The summed E-state index contributed by atoms with van der Waals surface area (Å²) in [5.41, 5.74) is 1.73. The molecule has 2 aliphatic heterocycles. The number of hydrogen-bond donors (Lipinski definition) is 1. The maximum atomic E-state index is 13.2.